The lowest BCUT2D eigenvalue weighted by Crippen LogP contribution is -2.14. The predicted octanol–water partition coefficient (Wildman–Crippen LogP) is 6.32. The van der Waals surface area contributed by atoms with Gasteiger partial charge in [0, 0.05) is 29.4 Å². The lowest BCUT2D eigenvalue weighted by atomic mass is 10.0. The standard InChI is InChI=1S/C29H29NO5/c1-2-34-29(33)28-27(22-13-7-4-8-14-22)24-19-23(35-20-21-11-5-3-6-12-21)16-17-25(24)30(28)18-10-9-15-26(31)32/h3-8,11-14,16-17,19H,2,9-10,15,18,20H2,1H3,(H,31,32). The van der Waals surface area contributed by atoms with Crippen LogP contribution in [0.1, 0.15) is 42.2 Å². The van der Waals surface area contributed by atoms with E-state index in [9.17, 15) is 9.59 Å². The van der Waals surface area contributed by atoms with Gasteiger partial charge in [-0.15, -0.1) is 0 Å². The van der Waals surface area contributed by atoms with E-state index in [4.69, 9.17) is 14.6 Å². The monoisotopic (exact) mass is 471 g/mol. The Morgan fingerprint density at radius 1 is 0.914 bits per heavy atom. The Labute approximate surface area is 204 Å². The van der Waals surface area contributed by atoms with Crippen molar-refractivity contribution in [1.29, 1.82) is 0 Å². The molecule has 1 N–H and O–H groups in total. The van der Waals surface area contributed by atoms with Crippen molar-refractivity contribution in [3.8, 4) is 16.9 Å². The second kappa shape index (κ2) is 11.4. The van der Waals surface area contributed by atoms with Gasteiger partial charge in [-0.25, -0.2) is 4.79 Å². The van der Waals surface area contributed by atoms with Gasteiger partial charge in [0.2, 0.25) is 0 Å². The van der Waals surface area contributed by atoms with Crippen molar-refractivity contribution in [2.24, 2.45) is 0 Å². The average molecular weight is 472 g/mol. The summed E-state index contributed by atoms with van der Waals surface area (Å²) >= 11 is 0. The van der Waals surface area contributed by atoms with Gasteiger partial charge in [0.25, 0.3) is 0 Å². The number of unbranched alkanes of at least 4 members (excludes halogenated alkanes) is 1. The second-order valence-electron chi connectivity index (χ2n) is 8.27. The van der Waals surface area contributed by atoms with E-state index < -0.39 is 11.9 Å². The van der Waals surface area contributed by atoms with Gasteiger partial charge in [-0.05, 0) is 49.1 Å². The molecule has 35 heavy (non-hydrogen) atoms. The fraction of sp³-hybridized carbons (Fsp3) is 0.241. The molecule has 3 aromatic carbocycles. The minimum atomic E-state index is -0.821. The van der Waals surface area contributed by atoms with Crippen molar-refractivity contribution in [1.82, 2.24) is 4.57 Å². The summed E-state index contributed by atoms with van der Waals surface area (Å²) in [5.74, 6) is -0.511. The molecule has 0 radical (unpaired) electrons. The van der Waals surface area contributed by atoms with Gasteiger partial charge in [0.15, 0.2) is 0 Å². The Kier molecular flexibility index (Phi) is 7.83. The third-order valence-corrected chi connectivity index (χ3v) is 5.84. The van der Waals surface area contributed by atoms with Crippen LogP contribution >= 0.6 is 0 Å². The molecule has 0 saturated carbocycles. The highest BCUT2D eigenvalue weighted by molar-refractivity contribution is 6.09. The van der Waals surface area contributed by atoms with Crippen molar-refractivity contribution < 1.29 is 24.2 Å². The highest BCUT2D eigenvalue weighted by Gasteiger charge is 2.25. The highest BCUT2D eigenvalue weighted by atomic mass is 16.5. The number of carbonyl (C=O) groups is 2. The summed E-state index contributed by atoms with van der Waals surface area (Å²) in [5, 5.41) is 9.91. The zero-order valence-corrected chi connectivity index (χ0v) is 19.8. The average Bonchev–Trinajstić information content (AvgIpc) is 3.20. The maximum atomic E-state index is 13.2. The number of carboxylic acids is 1. The van der Waals surface area contributed by atoms with E-state index in [0.29, 0.717) is 37.4 Å². The van der Waals surface area contributed by atoms with Crippen LogP contribution in [0.4, 0.5) is 0 Å². The van der Waals surface area contributed by atoms with Crippen molar-refractivity contribution >= 4 is 22.8 Å². The molecule has 4 rings (SSSR count). The molecule has 0 fully saturated rings. The molecule has 0 aliphatic heterocycles. The molecule has 0 atom stereocenters. The number of fused-ring (bicyclic) bond motifs is 1. The molecule has 0 bridgehead atoms. The molecule has 180 valence electrons. The Balaban J connectivity index is 1.79. The fourth-order valence-corrected chi connectivity index (χ4v) is 4.25. The molecule has 4 aromatic rings. The molecule has 0 amide bonds. The van der Waals surface area contributed by atoms with Crippen LogP contribution in [0.25, 0.3) is 22.0 Å². The Morgan fingerprint density at radius 2 is 1.63 bits per heavy atom. The number of aryl methyl sites for hydroxylation is 1. The largest absolute Gasteiger partial charge is 0.489 e. The molecule has 0 aliphatic rings. The molecule has 6 nitrogen and oxygen atoms in total. The van der Waals surface area contributed by atoms with Crippen LogP contribution in [-0.4, -0.2) is 28.2 Å². The van der Waals surface area contributed by atoms with Crippen molar-refractivity contribution in [2.75, 3.05) is 6.61 Å². The summed E-state index contributed by atoms with van der Waals surface area (Å²) in [6.07, 6.45) is 1.25. The van der Waals surface area contributed by atoms with Crippen LogP contribution in [-0.2, 0) is 22.7 Å². The second-order valence-corrected chi connectivity index (χ2v) is 8.27. The van der Waals surface area contributed by atoms with E-state index in [2.05, 4.69) is 0 Å². The van der Waals surface area contributed by atoms with Gasteiger partial charge < -0.3 is 19.1 Å². The van der Waals surface area contributed by atoms with Crippen LogP contribution in [0.3, 0.4) is 0 Å². The smallest absolute Gasteiger partial charge is 0.355 e. The summed E-state index contributed by atoms with van der Waals surface area (Å²) in [6, 6.07) is 25.6. The zero-order valence-electron chi connectivity index (χ0n) is 19.8. The van der Waals surface area contributed by atoms with E-state index in [1.54, 1.807) is 6.92 Å². The Hall–Kier alpha value is -4.06. The number of nitrogens with zero attached hydrogens (tertiary/aromatic N) is 1. The molecule has 1 heterocycles. The summed E-state index contributed by atoms with van der Waals surface area (Å²) < 4.78 is 13.5. The molecule has 6 heteroatoms. The molecule has 1 aromatic heterocycles. The van der Waals surface area contributed by atoms with Crippen molar-refractivity contribution in [3.63, 3.8) is 0 Å². The first-order valence-corrected chi connectivity index (χ1v) is 11.9. The Morgan fingerprint density at radius 3 is 2.31 bits per heavy atom. The number of esters is 1. The van der Waals surface area contributed by atoms with E-state index in [0.717, 1.165) is 27.6 Å². The number of benzene rings is 3. The first kappa shape index (κ1) is 24.1. The summed E-state index contributed by atoms with van der Waals surface area (Å²) in [6.45, 7) is 3.00. The quantitative estimate of drug-likeness (QED) is 0.205. The SMILES string of the molecule is CCOC(=O)c1c(-c2ccccc2)c2cc(OCc3ccccc3)ccc2n1CCCCC(=O)O. The van der Waals surface area contributed by atoms with Gasteiger partial charge in [0.1, 0.15) is 18.1 Å². The van der Waals surface area contributed by atoms with Crippen molar-refractivity contribution in [3.05, 3.63) is 90.1 Å². The zero-order chi connectivity index (χ0) is 24.6. The number of hydrogen-bond donors (Lipinski definition) is 1. The number of carboxylic acid groups (broad SMARTS) is 1. The fourth-order valence-electron chi connectivity index (χ4n) is 4.25. The molecular formula is C29H29NO5. The molecular weight excluding hydrogens is 442 g/mol. The van der Waals surface area contributed by atoms with Gasteiger partial charge in [-0.1, -0.05) is 60.7 Å². The number of aromatic nitrogens is 1. The summed E-state index contributed by atoms with van der Waals surface area (Å²) in [5.41, 5.74) is 4.13. The van der Waals surface area contributed by atoms with E-state index >= 15 is 0 Å². The van der Waals surface area contributed by atoms with E-state index in [-0.39, 0.29) is 13.0 Å². The van der Waals surface area contributed by atoms with Gasteiger partial charge in [0.05, 0.1) is 6.61 Å². The van der Waals surface area contributed by atoms with E-state index in [1.807, 2.05) is 83.4 Å². The van der Waals surface area contributed by atoms with Gasteiger partial charge >= 0.3 is 11.9 Å². The lowest BCUT2D eigenvalue weighted by molar-refractivity contribution is -0.137. The third-order valence-electron chi connectivity index (χ3n) is 5.84. The minimum Gasteiger partial charge on any atom is -0.489 e. The predicted molar refractivity (Wildman–Crippen MR) is 136 cm³/mol. The topological polar surface area (TPSA) is 77.8 Å². The summed E-state index contributed by atoms with van der Waals surface area (Å²) in [4.78, 5) is 24.2. The molecule has 0 unspecified atom stereocenters. The number of aliphatic carboxylic acids is 1. The molecule has 0 saturated heterocycles. The number of carbonyl (C=O) groups excluding carboxylic acids is 1. The van der Waals surface area contributed by atoms with Crippen LogP contribution in [0.15, 0.2) is 78.9 Å². The van der Waals surface area contributed by atoms with E-state index in [1.165, 1.54) is 0 Å². The number of ether oxygens (including phenoxy) is 2. The Bertz CT molecular complexity index is 1300. The maximum Gasteiger partial charge on any atom is 0.355 e. The lowest BCUT2D eigenvalue weighted by Gasteiger charge is -2.11. The highest BCUT2D eigenvalue weighted by Crippen LogP contribution is 2.38. The molecule has 0 aliphatic carbocycles. The van der Waals surface area contributed by atoms with Crippen LogP contribution in [0.5, 0.6) is 5.75 Å². The number of rotatable bonds is 11. The van der Waals surface area contributed by atoms with Gasteiger partial charge in [-0.3, -0.25) is 4.79 Å². The number of hydrogen-bond acceptors (Lipinski definition) is 4. The van der Waals surface area contributed by atoms with Gasteiger partial charge in [-0.2, -0.15) is 0 Å². The summed E-state index contributed by atoms with van der Waals surface area (Å²) in [7, 11) is 0. The first-order valence-electron chi connectivity index (χ1n) is 11.9. The van der Waals surface area contributed by atoms with Crippen LogP contribution < -0.4 is 4.74 Å². The van der Waals surface area contributed by atoms with Crippen molar-refractivity contribution in [2.45, 2.75) is 39.3 Å². The molecule has 0 spiro atoms. The first-order chi connectivity index (χ1) is 17.1. The van der Waals surface area contributed by atoms with Crippen LogP contribution in [0.2, 0.25) is 0 Å². The third kappa shape index (κ3) is 5.72. The maximum absolute atomic E-state index is 13.2. The van der Waals surface area contributed by atoms with Crippen LogP contribution in [0, 0.1) is 0 Å². The minimum absolute atomic E-state index is 0.0942. The normalized spacial score (nSPS) is 10.9.